The molecule has 1 N–H and O–H groups in total. The summed E-state index contributed by atoms with van der Waals surface area (Å²) in [6, 6.07) is 18.7. The van der Waals surface area contributed by atoms with Gasteiger partial charge in [-0.25, -0.2) is 0 Å². The molecule has 1 saturated heterocycles. The van der Waals surface area contributed by atoms with Crippen molar-refractivity contribution in [1.82, 2.24) is 25.0 Å². The molecule has 30 heavy (non-hydrogen) atoms. The molecule has 5 rings (SSSR count). The topological polar surface area (TPSA) is 63.1 Å². The Balaban J connectivity index is 1.23. The van der Waals surface area contributed by atoms with Crippen molar-refractivity contribution in [1.29, 1.82) is 0 Å². The van der Waals surface area contributed by atoms with Crippen molar-refractivity contribution in [3.63, 3.8) is 0 Å². The van der Waals surface area contributed by atoms with E-state index in [2.05, 4.69) is 51.6 Å². The number of hydrogen-bond donors (Lipinski definition) is 1. The van der Waals surface area contributed by atoms with E-state index in [4.69, 9.17) is 0 Å². The first kappa shape index (κ1) is 19.0. The second-order valence-corrected chi connectivity index (χ2v) is 8.62. The Morgan fingerprint density at radius 1 is 0.967 bits per heavy atom. The van der Waals surface area contributed by atoms with Gasteiger partial charge in [0, 0.05) is 39.1 Å². The molecule has 6 nitrogen and oxygen atoms in total. The Kier molecular flexibility index (Phi) is 5.09. The van der Waals surface area contributed by atoms with Crippen molar-refractivity contribution in [3.05, 3.63) is 82.9 Å². The van der Waals surface area contributed by atoms with Gasteiger partial charge in [0.05, 0.1) is 0 Å². The molecular formula is C24H27N5O. The first-order valence-electron chi connectivity index (χ1n) is 10.7. The predicted octanol–water partition coefficient (Wildman–Crippen LogP) is 2.82. The summed E-state index contributed by atoms with van der Waals surface area (Å²) >= 11 is 0. The van der Waals surface area contributed by atoms with Crippen molar-refractivity contribution in [2.45, 2.75) is 33.0 Å². The van der Waals surface area contributed by atoms with Crippen LogP contribution in [0.2, 0.25) is 0 Å². The highest BCUT2D eigenvalue weighted by atomic mass is 16.2. The lowest BCUT2D eigenvalue weighted by atomic mass is 9.89. The lowest BCUT2D eigenvalue weighted by Gasteiger charge is -2.25. The smallest absolute Gasteiger partial charge is 0.289 e. The highest BCUT2D eigenvalue weighted by molar-refractivity contribution is 5.90. The van der Waals surface area contributed by atoms with Crippen LogP contribution in [0, 0.1) is 18.8 Å². The van der Waals surface area contributed by atoms with Crippen LogP contribution in [0.4, 0.5) is 0 Å². The molecule has 0 bridgehead atoms. The van der Waals surface area contributed by atoms with Gasteiger partial charge in [-0.2, -0.15) is 0 Å². The van der Waals surface area contributed by atoms with E-state index < -0.39 is 0 Å². The van der Waals surface area contributed by atoms with Gasteiger partial charge in [-0.15, -0.1) is 10.2 Å². The van der Waals surface area contributed by atoms with Crippen LogP contribution in [-0.4, -0.2) is 38.7 Å². The van der Waals surface area contributed by atoms with Gasteiger partial charge in [0.1, 0.15) is 5.82 Å². The molecule has 154 valence electrons. The number of aromatic nitrogens is 3. The minimum atomic E-state index is -0.148. The third-order valence-corrected chi connectivity index (χ3v) is 6.37. The number of carbonyl (C=O) groups excluding carboxylic acids is 1. The molecule has 2 atom stereocenters. The highest BCUT2D eigenvalue weighted by Crippen LogP contribution is 2.33. The Labute approximate surface area is 176 Å². The van der Waals surface area contributed by atoms with Crippen molar-refractivity contribution < 1.29 is 4.79 Å². The summed E-state index contributed by atoms with van der Waals surface area (Å²) in [7, 11) is 0. The van der Waals surface area contributed by atoms with E-state index in [1.165, 1.54) is 11.1 Å². The Hall–Kier alpha value is -2.99. The number of likely N-dealkylation sites (tertiary alicyclic amines) is 1. The zero-order valence-electron chi connectivity index (χ0n) is 17.3. The molecule has 3 heterocycles. The molecule has 2 aliphatic heterocycles. The third kappa shape index (κ3) is 3.87. The number of nitrogens with one attached hydrogen (secondary N) is 1. The van der Waals surface area contributed by atoms with E-state index in [1.807, 2.05) is 34.9 Å². The fraction of sp³-hybridized carbons (Fsp3) is 0.375. The largest absolute Gasteiger partial charge is 0.345 e. The standard InChI is InChI=1S/C24H27N5O/c1-17-7-9-19(10-8-17)13-28-14-20-11-22-26-27-23(29(22)16-21(20)15-28)24(30)25-12-18-5-3-2-4-6-18/h2-10,20-21H,11-16H2,1H3,(H,25,30)/t20-,21-/m1/s1. The third-order valence-electron chi connectivity index (χ3n) is 6.37. The molecule has 3 aromatic rings. The maximum atomic E-state index is 12.7. The van der Waals surface area contributed by atoms with Crippen LogP contribution in [0.15, 0.2) is 54.6 Å². The van der Waals surface area contributed by atoms with E-state index in [1.54, 1.807) is 0 Å². The van der Waals surface area contributed by atoms with E-state index in [9.17, 15) is 4.79 Å². The van der Waals surface area contributed by atoms with Crippen LogP contribution in [0.1, 0.15) is 33.1 Å². The molecule has 1 amide bonds. The molecular weight excluding hydrogens is 374 g/mol. The fourth-order valence-electron chi connectivity index (χ4n) is 4.73. The summed E-state index contributed by atoms with van der Waals surface area (Å²) in [6.07, 6.45) is 0.897. The maximum Gasteiger partial charge on any atom is 0.289 e. The predicted molar refractivity (Wildman–Crippen MR) is 115 cm³/mol. The van der Waals surface area contributed by atoms with Gasteiger partial charge in [0.25, 0.3) is 5.91 Å². The molecule has 0 aliphatic carbocycles. The van der Waals surface area contributed by atoms with Gasteiger partial charge in [-0.1, -0.05) is 60.2 Å². The summed E-state index contributed by atoms with van der Waals surface area (Å²) in [5.74, 6) is 2.37. The molecule has 0 spiro atoms. The molecule has 6 heteroatoms. The molecule has 2 aromatic carbocycles. The Morgan fingerprint density at radius 3 is 2.53 bits per heavy atom. The Bertz CT molecular complexity index is 1030. The van der Waals surface area contributed by atoms with Crippen LogP contribution < -0.4 is 5.32 Å². The summed E-state index contributed by atoms with van der Waals surface area (Å²) in [4.78, 5) is 15.3. The van der Waals surface area contributed by atoms with Gasteiger partial charge in [0.2, 0.25) is 5.82 Å². The highest BCUT2D eigenvalue weighted by Gasteiger charge is 2.39. The normalized spacial score (nSPS) is 20.6. The fourth-order valence-corrected chi connectivity index (χ4v) is 4.73. The lowest BCUT2D eigenvalue weighted by Crippen LogP contribution is -2.32. The van der Waals surface area contributed by atoms with Gasteiger partial charge >= 0.3 is 0 Å². The monoisotopic (exact) mass is 401 g/mol. The van der Waals surface area contributed by atoms with Crippen molar-refractivity contribution >= 4 is 5.91 Å². The maximum absolute atomic E-state index is 12.7. The number of aryl methyl sites for hydroxylation is 1. The average Bonchev–Trinajstić information content (AvgIpc) is 3.35. The zero-order chi connectivity index (χ0) is 20.5. The van der Waals surface area contributed by atoms with Gasteiger partial charge < -0.3 is 9.88 Å². The number of fused-ring (bicyclic) bond motifs is 2. The number of amides is 1. The van der Waals surface area contributed by atoms with Crippen molar-refractivity contribution in [2.24, 2.45) is 11.8 Å². The first-order chi connectivity index (χ1) is 14.7. The number of hydrogen-bond acceptors (Lipinski definition) is 4. The van der Waals surface area contributed by atoms with E-state index in [0.29, 0.717) is 24.2 Å². The molecule has 0 unspecified atom stereocenters. The van der Waals surface area contributed by atoms with Gasteiger partial charge in [-0.3, -0.25) is 9.69 Å². The van der Waals surface area contributed by atoms with Crippen LogP contribution in [0.3, 0.4) is 0 Å². The number of benzene rings is 2. The average molecular weight is 402 g/mol. The molecule has 1 aromatic heterocycles. The first-order valence-corrected chi connectivity index (χ1v) is 10.7. The van der Waals surface area contributed by atoms with E-state index in [0.717, 1.165) is 44.0 Å². The number of rotatable bonds is 5. The van der Waals surface area contributed by atoms with E-state index >= 15 is 0 Å². The molecule has 0 radical (unpaired) electrons. The SMILES string of the molecule is Cc1ccc(CN2C[C@H]3Cc4nnc(C(=O)NCc5ccccc5)n4C[C@H]3C2)cc1. The summed E-state index contributed by atoms with van der Waals surface area (Å²) in [5.41, 5.74) is 3.73. The second kappa shape index (κ2) is 8.03. The van der Waals surface area contributed by atoms with E-state index in [-0.39, 0.29) is 5.91 Å². The quantitative estimate of drug-likeness (QED) is 0.714. The van der Waals surface area contributed by atoms with Crippen LogP contribution in [0.25, 0.3) is 0 Å². The van der Waals surface area contributed by atoms with Gasteiger partial charge in [0.15, 0.2) is 0 Å². The summed E-state index contributed by atoms with van der Waals surface area (Å²) in [6.45, 7) is 6.57. The number of carbonyl (C=O) groups is 1. The Morgan fingerprint density at radius 2 is 1.73 bits per heavy atom. The summed E-state index contributed by atoms with van der Waals surface area (Å²) < 4.78 is 2.04. The van der Waals surface area contributed by atoms with Crippen LogP contribution in [-0.2, 0) is 26.1 Å². The second-order valence-electron chi connectivity index (χ2n) is 8.62. The van der Waals surface area contributed by atoms with Crippen molar-refractivity contribution in [2.75, 3.05) is 13.1 Å². The minimum Gasteiger partial charge on any atom is -0.345 e. The molecule has 0 saturated carbocycles. The minimum absolute atomic E-state index is 0.148. The zero-order valence-corrected chi connectivity index (χ0v) is 17.3. The van der Waals surface area contributed by atoms with Crippen LogP contribution >= 0.6 is 0 Å². The summed E-state index contributed by atoms with van der Waals surface area (Å²) in [5, 5.41) is 11.5. The van der Waals surface area contributed by atoms with Crippen molar-refractivity contribution in [3.8, 4) is 0 Å². The lowest BCUT2D eigenvalue weighted by molar-refractivity contribution is 0.0932. The molecule has 1 fully saturated rings. The molecule has 2 aliphatic rings. The van der Waals surface area contributed by atoms with Gasteiger partial charge in [-0.05, 0) is 29.9 Å². The van der Waals surface area contributed by atoms with Crippen LogP contribution in [0.5, 0.6) is 0 Å². The number of nitrogens with zero attached hydrogens (tertiary/aromatic N) is 4.